The van der Waals surface area contributed by atoms with Crippen LogP contribution in [0.2, 0.25) is 0 Å². The SMILES string of the molecule is COCCN1CC(=O)N[C@@H](C(C)C)C(=O)NCCOc2ccc(cc2)C[C@H](NC(=O)c2ccccn2)C(=O)N[C@@H](Cc2c[nH]c3ccccc23)C1=O. The second-order valence-corrected chi connectivity index (χ2v) is 12.9. The van der Waals surface area contributed by atoms with Crippen molar-refractivity contribution in [1.82, 2.24) is 36.1 Å². The van der Waals surface area contributed by atoms with Crippen LogP contribution in [0.25, 0.3) is 10.9 Å². The normalized spacial score (nSPS) is 19.5. The van der Waals surface area contributed by atoms with Gasteiger partial charge in [-0.25, -0.2) is 0 Å². The van der Waals surface area contributed by atoms with E-state index in [9.17, 15) is 24.0 Å². The van der Waals surface area contributed by atoms with Gasteiger partial charge in [0.15, 0.2) is 0 Å². The lowest BCUT2D eigenvalue weighted by Gasteiger charge is -2.30. The number of fused-ring (bicyclic) bond motifs is 18. The fraction of sp³-hybridized carbons (Fsp3) is 0.368. The number of benzene rings is 2. The topological polar surface area (TPSA) is 184 Å². The highest BCUT2D eigenvalue weighted by atomic mass is 16.5. The highest BCUT2D eigenvalue weighted by Crippen LogP contribution is 2.20. The predicted molar refractivity (Wildman–Crippen MR) is 193 cm³/mol. The molecule has 14 nitrogen and oxygen atoms in total. The standard InChI is InChI=1S/C38H45N7O7/c1-24(2)34-37(49)40-16-18-52-27-13-11-25(12-14-27)20-31(42-35(47)30-10-6-7-15-39-30)36(48)43-32(21-26-22-41-29-9-5-4-8-28(26)29)38(50)45(17-19-51-3)23-33(46)44-34/h4-15,22,24,31-32,34,41H,16-21,23H2,1-3H3,(H,40,49)(H,42,47)(H,43,48)(H,44,46)/t31-,32-,34-/m0/s1. The molecule has 0 aliphatic carbocycles. The third-order valence-corrected chi connectivity index (χ3v) is 8.74. The molecule has 2 aromatic heterocycles. The zero-order valence-electron chi connectivity index (χ0n) is 29.5. The monoisotopic (exact) mass is 711 g/mol. The number of hydrogen-bond donors (Lipinski definition) is 5. The number of pyridine rings is 1. The van der Waals surface area contributed by atoms with Gasteiger partial charge in [-0.3, -0.25) is 29.0 Å². The molecule has 14 heteroatoms. The Morgan fingerprint density at radius 1 is 1.00 bits per heavy atom. The van der Waals surface area contributed by atoms with Crippen molar-refractivity contribution < 1.29 is 33.4 Å². The van der Waals surface area contributed by atoms with Crippen molar-refractivity contribution in [2.24, 2.45) is 5.92 Å². The van der Waals surface area contributed by atoms with Crippen LogP contribution in [-0.4, -0.2) is 102 Å². The van der Waals surface area contributed by atoms with Crippen LogP contribution in [0.5, 0.6) is 5.75 Å². The van der Waals surface area contributed by atoms with Crippen molar-refractivity contribution in [3.8, 4) is 5.75 Å². The molecule has 4 heterocycles. The van der Waals surface area contributed by atoms with E-state index in [0.717, 1.165) is 16.5 Å². The molecule has 2 aromatic carbocycles. The van der Waals surface area contributed by atoms with E-state index < -0.39 is 48.3 Å². The average Bonchev–Trinajstić information content (AvgIpc) is 3.56. The molecular weight excluding hydrogens is 666 g/mol. The number of carbonyl (C=O) groups excluding carboxylic acids is 5. The first kappa shape index (κ1) is 37.5. The van der Waals surface area contributed by atoms with Gasteiger partial charge in [0.1, 0.15) is 36.2 Å². The second kappa shape index (κ2) is 17.9. The minimum atomic E-state index is -1.16. The fourth-order valence-corrected chi connectivity index (χ4v) is 5.96. The summed E-state index contributed by atoms with van der Waals surface area (Å²) in [5.74, 6) is -2.36. The number of nitrogens with zero attached hydrogens (tertiary/aromatic N) is 2. The predicted octanol–water partition coefficient (Wildman–Crippen LogP) is 1.76. The lowest BCUT2D eigenvalue weighted by molar-refractivity contribution is -0.141. The number of carbonyl (C=O) groups is 5. The van der Waals surface area contributed by atoms with Crippen LogP contribution < -0.4 is 26.0 Å². The van der Waals surface area contributed by atoms with Gasteiger partial charge in [-0.1, -0.05) is 50.2 Å². The van der Waals surface area contributed by atoms with Crippen molar-refractivity contribution in [3.63, 3.8) is 0 Å². The summed E-state index contributed by atoms with van der Waals surface area (Å²) >= 11 is 0. The van der Waals surface area contributed by atoms with Crippen LogP contribution in [0.1, 0.15) is 35.5 Å². The smallest absolute Gasteiger partial charge is 0.270 e. The number of H-pyrrole nitrogens is 1. The number of aromatic amines is 1. The van der Waals surface area contributed by atoms with Crippen LogP contribution >= 0.6 is 0 Å². The summed E-state index contributed by atoms with van der Waals surface area (Å²) in [6.45, 7) is 3.73. The number of methoxy groups -OCH3 is 1. The molecule has 0 saturated heterocycles. The Balaban J connectivity index is 1.52. The van der Waals surface area contributed by atoms with Crippen LogP contribution in [-0.2, 0) is 36.8 Å². The fourth-order valence-electron chi connectivity index (χ4n) is 5.96. The Morgan fingerprint density at radius 2 is 1.77 bits per heavy atom. The zero-order chi connectivity index (χ0) is 37.0. The van der Waals surface area contributed by atoms with Crippen LogP contribution in [0.15, 0.2) is 79.1 Å². The lowest BCUT2D eigenvalue weighted by Crippen LogP contribution is -2.58. The molecule has 4 aromatic rings. The van der Waals surface area contributed by atoms with Crippen LogP contribution in [0, 0.1) is 5.92 Å². The zero-order valence-corrected chi connectivity index (χ0v) is 29.5. The molecule has 0 spiro atoms. The van der Waals surface area contributed by atoms with Gasteiger partial charge in [-0.15, -0.1) is 0 Å². The number of rotatable bonds is 8. The summed E-state index contributed by atoms with van der Waals surface area (Å²) in [5, 5.41) is 12.2. The van der Waals surface area contributed by atoms with Gasteiger partial charge in [0.2, 0.25) is 23.6 Å². The van der Waals surface area contributed by atoms with Gasteiger partial charge in [0, 0.05) is 49.8 Å². The van der Waals surface area contributed by atoms with Gasteiger partial charge >= 0.3 is 0 Å². The first-order valence-corrected chi connectivity index (χ1v) is 17.3. The highest BCUT2D eigenvalue weighted by Gasteiger charge is 2.33. The van der Waals surface area contributed by atoms with Gasteiger partial charge in [-0.05, 0) is 47.4 Å². The molecule has 52 heavy (non-hydrogen) atoms. The molecule has 0 fully saturated rings. The van der Waals surface area contributed by atoms with E-state index in [0.29, 0.717) is 11.3 Å². The Labute approximate surface area is 302 Å². The van der Waals surface area contributed by atoms with Gasteiger partial charge in [-0.2, -0.15) is 0 Å². The van der Waals surface area contributed by atoms with E-state index >= 15 is 0 Å². The molecule has 3 atom stereocenters. The summed E-state index contributed by atoms with van der Waals surface area (Å²) in [6, 6.07) is 16.4. The maximum atomic E-state index is 14.5. The third kappa shape index (κ3) is 9.94. The molecule has 2 bridgehead atoms. The second-order valence-electron chi connectivity index (χ2n) is 12.9. The molecule has 2 aliphatic rings. The van der Waals surface area contributed by atoms with E-state index in [-0.39, 0.29) is 56.7 Å². The number of para-hydroxylation sites is 1. The number of hydrogen-bond acceptors (Lipinski definition) is 8. The molecule has 0 saturated carbocycles. The molecule has 274 valence electrons. The largest absolute Gasteiger partial charge is 0.492 e. The van der Waals surface area contributed by atoms with Gasteiger partial charge in [0.05, 0.1) is 19.7 Å². The number of amides is 5. The van der Waals surface area contributed by atoms with E-state index in [1.54, 1.807) is 48.7 Å². The number of nitrogens with one attached hydrogen (secondary N) is 5. The van der Waals surface area contributed by atoms with Crippen molar-refractivity contribution in [3.05, 3.63) is 95.9 Å². The minimum absolute atomic E-state index is 0.0328. The Morgan fingerprint density at radius 3 is 2.50 bits per heavy atom. The summed E-state index contributed by atoms with van der Waals surface area (Å²) < 4.78 is 11.1. The van der Waals surface area contributed by atoms with Crippen molar-refractivity contribution in [1.29, 1.82) is 0 Å². The quantitative estimate of drug-likeness (QED) is 0.171. The maximum absolute atomic E-state index is 14.5. The molecule has 5 N–H and O–H groups in total. The van der Waals surface area contributed by atoms with E-state index in [2.05, 4.69) is 31.2 Å². The average molecular weight is 712 g/mol. The number of aromatic nitrogens is 2. The van der Waals surface area contributed by atoms with E-state index in [1.165, 1.54) is 18.2 Å². The molecular formula is C38H45N7O7. The maximum Gasteiger partial charge on any atom is 0.270 e. The Hall–Kier alpha value is -5.76. The third-order valence-electron chi connectivity index (χ3n) is 8.74. The van der Waals surface area contributed by atoms with Crippen LogP contribution in [0.4, 0.5) is 0 Å². The first-order chi connectivity index (χ1) is 25.1. The summed E-state index contributed by atoms with van der Waals surface area (Å²) in [4.78, 5) is 77.3. The summed E-state index contributed by atoms with van der Waals surface area (Å²) in [7, 11) is 1.48. The molecule has 2 aliphatic heterocycles. The summed E-state index contributed by atoms with van der Waals surface area (Å²) in [5.41, 5.74) is 2.46. The van der Waals surface area contributed by atoms with Crippen molar-refractivity contribution in [2.45, 2.75) is 44.8 Å². The van der Waals surface area contributed by atoms with Crippen LogP contribution in [0.3, 0.4) is 0 Å². The molecule has 0 radical (unpaired) electrons. The van der Waals surface area contributed by atoms with Crippen molar-refractivity contribution in [2.75, 3.05) is 40.0 Å². The molecule has 5 amide bonds. The van der Waals surface area contributed by atoms with Crippen molar-refractivity contribution >= 4 is 40.4 Å². The minimum Gasteiger partial charge on any atom is -0.492 e. The lowest BCUT2D eigenvalue weighted by atomic mass is 10.0. The van der Waals surface area contributed by atoms with Gasteiger partial charge in [0.25, 0.3) is 5.91 Å². The van der Waals surface area contributed by atoms with E-state index in [4.69, 9.17) is 9.47 Å². The molecule has 6 rings (SSSR count). The highest BCUT2D eigenvalue weighted by molar-refractivity contribution is 5.98. The van der Waals surface area contributed by atoms with Gasteiger partial charge < -0.3 is 40.6 Å². The Bertz CT molecular complexity index is 1850. The van der Waals surface area contributed by atoms with E-state index in [1.807, 2.05) is 38.1 Å². The Kier molecular flexibility index (Phi) is 12.9. The summed E-state index contributed by atoms with van der Waals surface area (Å²) in [6.07, 6.45) is 3.42. The molecule has 0 unspecified atom stereocenters. The number of ether oxygens (including phenoxy) is 2. The first-order valence-electron chi connectivity index (χ1n) is 17.3.